The van der Waals surface area contributed by atoms with E-state index in [-0.39, 0.29) is 0 Å². The number of hydrogen-bond acceptors (Lipinski definition) is 3. The molecule has 1 aromatic carbocycles. The molecule has 1 heterocycles. The van der Waals surface area contributed by atoms with Crippen LogP contribution < -0.4 is 0 Å². The smallest absolute Gasteiger partial charge is 0.184 e. The van der Waals surface area contributed by atoms with Crippen molar-refractivity contribution in [3.05, 3.63) is 41.3 Å². The molecule has 1 aliphatic heterocycles. The van der Waals surface area contributed by atoms with E-state index in [1.54, 1.807) is 0 Å². The van der Waals surface area contributed by atoms with Gasteiger partial charge in [-0.1, -0.05) is 42.1 Å². The lowest BCUT2D eigenvalue weighted by atomic mass is 10.1. The van der Waals surface area contributed by atoms with Crippen molar-refractivity contribution in [1.82, 2.24) is 0 Å². The van der Waals surface area contributed by atoms with Crippen LogP contribution in [0.1, 0.15) is 12.0 Å². The minimum atomic E-state index is -2.06. The van der Waals surface area contributed by atoms with Gasteiger partial charge in [0.1, 0.15) is 4.20 Å². The van der Waals surface area contributed by atoms with Crippen molar-refractivity contribution in [2.45, 2.75) is 6.42 Å². The van der Waals surface area contributed by atoms with Crippen LogP contribution in [0, 0.1) is 0 Å². The summed E-state index contributed by atoms with van der Waals surface area (Å²) in [7, 11) is -2.06. The Labute approximate surface area is 88.2 Å². The molecule has 0 atom stereocenters. The summed E-state index contributed by atoms with van der Waals surface area (Å²) in [4.78, 5) is 0. The summed E-state index contributed by atoms with van der Waals surface area (Å²) < 4.78 is 21.9. The Kier molecular flexibility index (Phi) is 2.74. The van der Waals surface area contributed by atoms with E-state index in [0.29, 0.717) is 10.6 Å². The molecule has 0 bridgehead atoms. The molecule has 0 unspecified atom stereocenters. The van der Waals surface area contributed by atoms with Crippen LogP contribution in [0.3, 0.4) is 0 Å². The van der Waals surface area contributed by atoms with Crippen molar-refractivity contribution in [3.8, 4) is 0 Å². The third-order valence-electron chi connectivity index (χ3n) is 2.00. The Morgan fingerprint density at radius 2 is 1.86 bits per heavy atom. The minimum absolute atomic E-state index is 0.504. The monoisotopic (exact) mass is 224 g/mol. The molecule has 2 nitrogen and oxygen atoms in total. The van der Waals surface area contributed by atoms with Gasteiger partial charge in [-0.2, -0.15) is 8.42 Å². The molecule has 0 saturated heterocycles. The van der Waals surface area contributed by atoms with Gasteiger partial charge in [-0.25, -0.2) is 0 Å². The third-order valence-corrected chi connectivity index (χ3v) is 4.02. The van der Waals surface area contributed by atoms with Crippen LogP contribution in [0.25, 0.3) is 5.57 Å². The zero-order chi connectivity index (χ0) is 9.97. The Morgan fingerprint density at radius 1 is 1.14 bits per heavy atom. The molecular weight excluding hydrogens is 216 g/mol. The van der Waals surface area contributed by atoms with E-state index in [1.165, 1.54) is 11.8 Å². The molecule has 0 radical (unpaired) electrons. The standard InChI is InChI=1S/C10H8O2S2/c11-14(12)10-6-9(7-13-10)8-4-2-1-3-5-8/h1-5,7H,6H2. The second-order valence-electron chi connectivity index (χ2n) is 2.91. The van der Waals surface area contributed by atoms with Gasteiger partial charge in [0.15, 0.2) is 0 Å². The Bertz CT molecular complexity index is 490. The van der Waals surface area contributed by atoms with E-state index < -0.39 is 10.3 Å². The second-order valence-corrected chi connectivity index (χ2v) is 5.10. The first-order valence-corrected chi connectivity index (χ1v) is 6.09. The van der Waals surface area contributed by atoms with Gasteiger partial charge < -0.3 is 0 Å². The molecule has 4 heteroatoms. The summed E-state index contributed by atoms with van der Waals surface area (Å²) in [5, 5.41) is 1.90. The molecule has 1 aromatic rings. The number of rotatable bonds is 1. The van der Waals surface area contributed by atoms with E-state index in [9.17, 15) is 8.42 Å². The van der Waals surface area contributed by atoms with Crippen molar-refractivity contribution in [1.29, 1.82) is 0 Å². The van der Waals surface area contributed by atoms with Crippen LogP contribution in [0.4, 0.5) is 0 Å². The Hall–Kier alpha value is -1.00. The van der Waals surface area contributed by atoms with Gasteiger partial charge in [-0.05, 0) is 16.5 Å². The SMILES string of the molecule is O=S(=O)=C1CC(c2ccccc2)=CS1. The summed E-state index contributed by atoms with van der Waals surface area (Å²) in [5.74, 6) is 0. The molecule has 0 fully saturated rings. The Morgan fingerprint density at radius 3 is 2.43 bits per heavy atom. The lowest BCUT2D eigenvalue weighted by Gasteiger charge is -1.98. The average Bonchev–Trinajstić information content (AvgIpc) is 2.68. The topological polar surface area (TPSA) is 34.1 Å². The lowest BCUT2D eigenvalue weighted by molar-refractivity contribution is 0.627. The highest BCUT2D eigenvalue weighted by Gasteiger charge is 2.14. The normalized spacial score (nSPS) is 15.4. The van der Waals surface area contributed by atoms with E-state index in [4.69, 9.17) is 0 Å². The maximum Gasteiger partial charge on any atom is 0.224 e. The zero-order valence-corrected chi connectivity index (χ0v) is 8.94. The van der Waals surface area contributed by atoms with Crippen molar-refractivity contribution < 1.29 is 8.42 Å². The van der Waals surface area contributed by atoms with E-state index in [1.807, 2.05) is 35.7 Å². The largest absolute Gasteiger partial charge is 0.224 e. The number of allylic oxidation sites excluding steroid dienone is 1. The number of hydrogen-bond donors (Lipinski definition) is 0. The van der Waals surface area contributed by atoms with Gasteiger partial charge in [0.05, 0.1) is 0 Å². The van der Waals surface area contributed by atoms with Gasteiger partial charge in [0, 0.05) is 6.42 Å². The fraction of sp³-hybridized carbons (Fsp3) is 0.100. The van der Waals surface area contributed by atoms with Crippen LogP contribution in [0.2, 0.25) is 0 Å². The highest BCUT2D eigenvalue weighted by molar-refractivity contribution is 8.24. The van der Waals surface area contributed by atoms with Crippen LogP contribution in [-0.4, -0.2) is 12.6 Å². The van der Waals surface area contributed by atoms with Crippen molar-refractivity contribution in [2.75, 3.05) is 0 Å². The number of benzene rings is 1. The van der Waals surface area contributed by atoms with Gasteiger partial charge in [-0.15, -0.1) is 0 Å². The summed E-state index contributed by atoms with van der Waals surface area (Å²) in [6.45, 7) is 0. The minimum Gasteiger partial charge on any atom is -0.184 e. The summed E-state index contributed by atoms with van der Waals surface area (Å²) in [6.07, 6.45) is 0.533. The molecule has 72 valence electrons. The highest BCUT2D eigenvalue weighted by atomic mass is 32.2. The first-order chi connectivity index (χ1) is 6.77. The summed E-state index contributed by atoms with van der Waals surface area (Å²) >= 11 is 1.30. The second kappa shape index (κ2) is 4.02. The van der Waals surface area contributed by atoms with Gasteiger partial charge in [0.2, 0.25) is 10.3 Å². The van der Waals surface area contributed by atoms with Gasteiger partial charge in [-0.3, -0.25) is 0 Å². The molecule has 2 rings (SSSR count). The third kappa shape index (κ3) is 1.91. The first kappa shape index (κ1) is 9.55. The van der Waals surface area contributed by atoms with Crippen LogP contribution in [-0.2, 0) is 10.3 Å². The summed E-state index contributed by atoms with van der Waals surface area (Å²) in [6, 6.07) is 9.83. The molecule has 0 N–H and O–H groups in total. The van der Waals surface area contributed by atoms with Crippen LogP contribution >= 0.6 is 11.8 Å². The molecule has 0 saturated carbocycles. The quantitative estimate of drug-likeness (QED) is 0.686. The first-order valence-electron chi connectivity index (χ1n) is 4.13. The average molecular weight is 224 g/mol. The fourth-order valence-corrected chi connectivity index (χ4v) is 2.76. The van der Waals surface area contributed by atoms with Crippen molar-refractivity contribution in [2.24, 2.45) is 0 Å². The van der Waals surface area contributed by atoms with Gasteiger partial charge in [0.25, 0.3) is 0 Å². The maximum atomic E-state index is 10.7. The molecule has 0 aliphatic carbocycles. The maximum absolute atomic E-state index is 10.7. The predicted octanol–water partition coefficient (Wildman–Crippen LogP) is 2.17. The fourth-order valence-electron chi connectivity index (χ4n) is 1.30. The molecule has 1 aliphatic rings. The predicted molar refractivity (Wildman–Crippen MR) is 60.6 cm³/mol. The molecule has 0 aromatic heterocycles. The molecule has 14 heavy (non-hydrogen) atoms. The highest BCUT2D eigenvalue weighted by Crippen LogP contribution is 2.31. The molecule has 0 spiro atoms. The van der Waals surface area contributed by atoms with Crippen molar-refractivity contribution in [3.63, 3.8) is 0 Å². The zero-order valence-electron chi connectivity index (χ0n) is 7.30. The van der Waals surface area contributed by atoms with E-state index in [2.05, 4.69) is 0 Å². The van der Waals surface area contributed by atoms with E-state index in [0.717, 1.165) is 11.1 Å². The van der Waals surface area contributed by atoms with Crippen LogP contribution in [0.5, 0.6) is 0 Å². The van der Waals surface area contributed by atoms with E-state index >= 15 is 0 Å². The number of thioether (sulfide) groups is 1. The molecular formula is C10H8O2S2. The van der Waals surface area contributed by atoms with Crippen molar-refractivity contribution >= 4 is 31.8 Å². The molecule has 0 amide bonds. The summed E-state index contributed by atoms with van der Waals surface area (Å²) in [5.41, 5.74) is 2.18. The Balaban J connectivity index is 2.30. The lowest BCUT2D eigenvalue weighted by Crippen LogP contribution is -1.88. The van der Waals surface area contributed by atoms with Crippen LogP contribution in [0.15, 0.2) is 35.7 Å². The van der Waals surface area contributed by atoms with Gasteiger partial charge >= 0.3 is 0 Å².